The Bertz CT molecular complexity index is 1410. The van der Waals surface area contributed by atoms with Crippen LogP contribution < -0.4 is 5.32 Å². The molecule has 30 heavy (non-hydrogen) atoms. The maximum absolute atomic E-state index is 12.9. The summed E-state index contributed by atoms with van der Waals surface area (Å²) in [6.07, 6.45) is 1.89. The molecular weight excluding hydrogens is 392 g/mol. The topological polar surface area (TPSA) is 59.3 Å². The van der Waals surface area contributed by atoms with E-state index in [0.717, 1.165) is 33.0 Å². The average molecular weight is 413 g/mol. The predicted molar refractivity (Wildman–Crippen MR) is 122 cm³/mol. The van der Waals surface area contributed by atoms with E-state index < -0.39 is 0 Å². The van der Waals surface area contributed by atoms with Gasteiger partial charge in [0.15, 0.2) is 0 Å². The number of aryl methyl sites for hydroxylation is 3. The molecular formula is C24H20N4OS. The van der Waals surface area contributed by atoms with E-state index in [-0.39, 0.29) is 5.91 Å². The van der Waals surface area contributed by atoms with E-state index in [2.05, 4.69) is 35.4 Å². The van der Waals surface area contributed by atoms with Crippen molar-refractivity contribution < 1.29 is 4.79 Å². The minimum absolute atomic E-state index is 0.174. The van der Waals surface area contributed by atoms with Gasteiger partial charge in [0.2, 0.25) is 0 Å². The molecule has 0 aliphatic heterocycles. The van der Waals surface area contributed by atoms with Crippen LogP contribution in [0.5, 0.6) is 0 Å². The first-order chi connectivity index (χ1) is 14.5. The molecule has 2 aromatic carbocycles. The first-order valence-electron chi connectivity index (χ1n) is 9.72. The first-order valence-corrected chi connectivity index (χ1v) is 10.5. The van der Waals surface area contributed by atoms with Gasteiger partial charge in [0.1, 0.15) is 16.3 Å². The third kappa shape index (κ3) is 3.25. The molecule has 0 radical (unpaired) electrons. The number of nitrogens with zero attached hydrogens (tertiary/aromatic N) is 3. The summed E-state index contributed by atoms with van der Waals surface area (Å²) in [5, 5.41) is 3.96. The van der Waals surface area contributed by atoms with Crippen molar-refractivity contribution in [2.75, 3.05) is 5.32 Å². The Kier molecular flexibility index (Phi) is 4.37. The summed E-state index contributed by atoms with van der Waals surface area (Å²) >= 11 is 1.68. The zero-order valence-electron chi connectivity index (χ0n) is 16.9. The van der Waals surface area contributed by atoms with Crippen LogP contribution in [0.2, 0.25) is 0 Å². The first kappa shape index (κ1) is 18.5. The standard InChI is InChI=1S/C24H20N4OS/c1-14-4-9-19-20(12-14)30-24(27-19)17-5-7-18(8-6-17)26-23(29)22-16(3)25-21-13-15(2)10-11-28(21)22/h4-13H,1-3H3,(H,26,29). The van der Waals surface area contributed by atoms with E-state index in [0.29, 0.717) is 11.4 Å². The molecule has 3 heterocycles. The number of carbonyl (C=O) groups is 1. The van der Waals surface area contributed by atoms with Gasteiger partial charge in [-0.1, -0.05) is 6.07 Å². The number of benzene rings is 2. The molecule has 3 aromatic heterocycles. The lowest BCUT2D eigenvalue weighted by molar-refractivity contribution is 0.102. The molecule has 0 spiro atoms. The normalized spacial score (nSPS) is 11.3. The number of rotatable bonds is 3. The van der Waals surface area contributed by atoms with Gasteiger partial charge >= 0.3 is 0 Å². The zero-order valence-corrected chi connectivity index (χ0v) is 17.7. The molecule has 148 valence electrons. The number of imidazole rings is 1. The van der Waals surface area contributed by atoms with Crippen LogP contribution in [0.3, 0.4) is 0 Å². The lowest BCUT2D eigenvalue weighted by atomic mass is 10.2. The summed E-state index contributed by atoms with van der Waals surface area (Å²) in [6, 6.07) is 18.0. The average Bonchev–Trinajstić information content (AvgIpc) is 3.27. The van der Waals surface area contributed by atoms with Crippen LogP contribution in [-0.4, -0.2) is 20.3 Å². The summed E-state index contributed by atoms with van der Waals surface area (Å²) in [6.45, 7) is 5.95. The van der Waals surface area contributed by atoms with Crippen molar-refractivity contribution in [3.8, 4) is 10.6 Å². The molecule has 0 aliphatic carbocycles. The van der Waals surface area contributed by atoms with Gasteiger partial charge in [-0.2, -0.15) is 0 Å². The summed E-state index contributed by atoms with van der Waals surface area (Å²) in [5.74, 6) is -0.174. The molecule has 0 saturated heterocycles. The van der Waals surface area contributed by atoms with Crippen molar-refractivity contribution in [3.05, 3.63) is 83.3 Å². The van der Waals surface area contributed by atoms with Gasteiger partial charge in [-0.15, -0.1) is 11.3 Å². The Balaban J connectivity index is 1.41. The van der Waals surface area contributed by atoms with Crippen LogP contribution in [0, 0.1) is 20.8 Å². The van der Waals surface area contributed by atoms with Crippen LogP contribution in [0.1, 0.15) is 27.3 Å². The van der Waals surface area contributed by atoms with Crippen molar-refractivity contribution in [3.63, 3.8) is 0 Å². The molecule has 5 aromatic rings. The second kappa shape index (κ2) is 7.07. The van der Waals surface area contributed by atoms with Crippen molar-refractivity contribution in [1.82, 2.24) is 14.4 Å². The number of hydrogen-bond donors (Lipinski definition) is 1. The van der Waals surface area contributed by atoms with E-state index in [9.17, 15) is 4.79 Å². The summed E-state index contributed by atoms with van der Waals surface area (Å²) in [4.78, 5) is 22.2. The Morgan fingerprint density at radius 3 is 2.50 bits per heavy atom. The Labute approximate surface area is 178 Å². The maximum Gasteiger partial charge on any atom is 0.274 e. The number of anilines is 1. The van der Waals surface area contributed by atoms with Gasteiger partial charge < -0.3 is 5.32 Å². The lowest BCUT2D eigenvalue weighted by Crippen LogP contribution is -2.15. The zero-order chi connectivity index (χ0) is 20.8. The van der Waals surface area contributed by atoms with Crippen molar-refractivity contribution in [1.29, 1.82) is 0 Å². The van der Waals surface area contributed by atoms with Gasteiger partial charge in [-0.05, 0) is 80.4 Å². The van der Waals surface area contributed by atoms with E-state index in [1.54, 1.807) is 11.3 Å². The second-order valence-electron chi connectivity index (χ2n) is 7.50. The molecule has 0 bridgehead atoms. The van der Waals surface area contributed by atoms with Crippen LogP contribution in [-0.2, 0) is 0 Å². The number of hydrogen-bond acceptors (Lipinski definition) is 4. The monoisotopic (exact) mass is 412 g/mol. The quantitative estimate of drug-likeness (QED) is 0.408. The van der Waals surface area contributed by atoms with E-state index in [1.807, 2.05) is 60.8 Å². The Hall–Kier alpha value is -3.51. The summed E-state index contributed by atoms with van der Waals surface area (Å²) < 4.78 is 3.01. The largest absolute Gasteiger partial charge is 0.321 e. The fourth-order valence-corrected chi connectivity index (χ4v) is 4.65. The highest BCUT2D eigenvalue weighted by Crippen LogP contribution is 2.31. The third-order valence-corrected chi connectivity index (χ3v) is 6.17. The molecule has 5 nitrogen and oxygen atoms in total. The lowest BCUT2D eigenvalue weighted by Gasteiger charge is -2.07. The highest BCUT2D eigenvalue weighted by molar-refractivity contribution is 7.21. The molecule has 0 atom stereocenters. The number of fused-ring (bicyclic) bond motifs is 2. The predicted octanol–water partition coefficient (Wildman–Crippen LogP) is 5.79. The van der Waals surface area contributed by atoms with Crippen molar-refractivity contribution in [2.24, 2.45) is 0 Å². The molecule has 0 aliphatic rings. The van der Waals surface area contributed by atoms with Crippen LogP contribution >= 0.6 is 11.3 Å². The van der Waals surface area contributed by atoms with Crippen LogP contribution in [0.4, 0.5) is 5.69 Å². The molecule has 1 N–H and O–H groups in total. The Morgan fingerprint density at radius 2 is 1.70 bits per heavy atom. The van der Waals surface area contributed by atoms with Gasteiger partial charge in [0, 0.05) is 17.4 Å². The number of pyridine rings is 1. The Morgan fingerprint density at radius 1 is 0.933 bits per heavy atom. The minimum atomic E-state index is -0.174. The molecule has 6 heteroatoms. The molecule has 5 rings (SSSR count). The van der Waals surface area contributed by atoms with Gasteiger partial charge in [0.25, 0.3) is 5.91 Å². The summed E-state index contributed by atoms with van der Waals surface area (Å²) in [7, 11) is 0. The maximum atomic E-state index is 12.9. The SMILES string of the molecule is Cc1ccc2nc(-c3ccc(NC(=O)c4c(C)nc5cc(C)ccn45)cc3)sc2c1. The van der Waals surface area contributed by atoms with E-state index >= 15 is 0 Å². The van der Waals surface area contributed by atoms with E-state index in [4.69, 9.17) is 4.98 Å². The highest BCUT2D eigenvalue weighted by Gasteiger charge is 2.17. The molecule has 1 amide bonds. The number of nitrogens with one attached hydrogen (secondary N) is 1. The van der Waals surface area contributed by atoms with E-state index in [1.165, 1.54) is 10.3 Å². The van der Waals surface area contributed by atoms with Crippen LogP contribution in [0.25, 0.3) is 26.4 Å². The minimum Gasteiger partial charge on any atom is -0.321 e. The fourth-order valence-electron chi connectivity index (χ4n) is 3.58. The highest BCUT2D eigenvalue weighted by atomic mass is 32.1. The number of amides is 1. The number of thiazole rings is 1. The van der Waals surface area contributed by atoms with Gasteiger partial charge in [-0.25, -0.2) is 9.97 Å². The molecule has 0 fully saturated rings. The van der Waals surface area contributed by atoms with Gasteiger partial charge in [0.05, 0.1) is 15.9 Å². The van der Waals surface area contributed by atoms with Gasteiger partial charge in [-0.3, -0.25) is 9.20 Å². The van der Waals surface area contributed by atoms with Crippen molar-refractivity contribution >= 4 is 38.8 Å². The number of aromatic nitrogens is 3. The fraction of sp³-hybridized carbons (Fsp3) is 0.125. The smallest absolute Gasteiger partial charge is 0.274 e. The summed E-state index contributed by atoms with van der Waals surface area (Å²) in [5.41, 5.74) is 7.16. The molecule has 0 unspecified atom stereocenters. The molecule has 0 saturated carbocycles. The number of carbonyl (C=O) groups excluding carboxylic acids is 1. The van der Waals surface area contributed by atoms with Crippen molar-refractivity contribution in [2.45, 2.75) is 20.8 Å². The van der Waals surface area contributed by atoms with Crippen LogP contribution in [0.15, 0.2) is 60.8 Å². The second-order valence-corrected chi connectivity index (χ2v) is 8.53. The third-order valence-electron chi connectivity index (χ3n) is 5.10.